The second-order valence-corrected chi connectivity index (χ2v) is 10.7. The van der Waals surface area contributed by atoms with Gasteiger partial charge < -0.3 is 5.32 Å². The van der Waals surface area contributed by atoms with Gasteiger partial charge in [-0.05, 0) is 41.0 Å². The van der Waals surface area contributed by atoms with Crippen LogP contribution in [0.3, 0.4) is 0 Å². The van der Waals surface area contributed by atoms with E-state index in [-0.39, 0.29) is 17.1 Å². The molecule has 0 aliphatic heterocycles. The molecule has 0 radical (unpaired) electrons. The highest BCUT2D eigenvalue weighted by Crippen LogP contribution is 2.31. The number of anilines is 1. The molecular weight excluding hydrogens is 462 g/mol. The van der Waals surface area contributed by atoms with Crippen molar-refractivity contribution in [1.29, 1.82) is 5.26 Å². The fourth-order valence-electron chi connectivity index (χ4n) is 3.49. The standard InChI is InChI=1S/C26H25N5OS2/c1-17-7-5-6-8-21(17)31-23(18-9-11-20(12-10-18)26(2,3)4)29-30-25(31)34-16-22(32)28-24-19(15-27)13-14-33-24/h5-14H,16H2,1-4H3,(H,28,32). The van der Waals surface area contributed by atoms with E-state index in [0.717, 1.165) is 22.6 Å². The summed E-state index contributed by atoms with van der Waals surface area (Å²) in [6, 6.07) is 20.2. The Hall–Kier alpha value is -3.41. The number of hydrogen-bond acceptors (Lipinski definition) is 6. The maximum Gasteiger partial charge on any atom is 0.235 e. The molecular formula is C26H25N5OS2. The molecule has 6 nitrogen and oxygen atoms in total. The summed E-state index contributed by atoms with van der Waals surface area (Å²) in [5.41, 5.74) is 4.78. The van der Waals surface area contributed by atoms with Crippen molar-refractivity contribution in [2.75, 3.05) is 11.1 Å². The Kier molecular flexibility index (Phi) is 6.87. The summed E-state index contributed by atoms with van der Waals surface area (Å²) in [7, 11) is 0. The Morgan fingerprint density at radius 3 is 2.53 bits per heavy atom. The minimum atomic E-state index is -0.195. The second kappa shape index (κ2) is 9.84. The predicted octanol–water partition coefficient (Wildman–Crippen LogP) is 6.20. The lowest BCUT2D eigenvalue weighted by molar-refractivity contribution is -0.113. The number of nitriles is 1. The fraction of sp³-hybridized carbons (Fsp3) is 0.231. The molecule has 8 heteroatoms. The number of thioether (sulfide) groups is 1. The van der Waals surface area contributed by atoms with Crippen LogP contribution in [0.1, 0.15) is 37.5 Å². The van der Waals surface area contributed by atoms with Gasteiger partial charge in [0.15, 0.2) is 11.0 Å². The van der Waals surface area contributed by atoms with Gasteiger partial charge in [0.2, 0.25) is 5.91 Å². The zero-order chi connectivity index (χ0) is 24.3. The molecule has 4 aromatic rings. The Morgan fingerprint density at radius 1 is 1.12 bits per heavy atom. The van der Waals surface area contributed by atoms with Crippen LogP contribution in [0.4, 0.5) is 5.00 Å². The van der Waals surface area contributed by atoms with Crippen LogP contribution in [0.25, 0.3) is 17.1 Å². The van der Waals surface area contributed by atoms with Crippen molar-refractivity contribution in [2.45, 2.75) is 38.3 Å². The van der Waals surface area contributed by atoms with Crippen LogP contribution in [0, 0.1) is 18.3 Å². The molecule has 2 heterocycles. The molecule has 4 rings (SSSR count). The average molecular weight is 488 g/mol. The van der Waals surface area contributed by atoms with Gasteiger partial charge in [-0.1, -0.05) is 75.0 Å². The quantitative estimate of drug-likeness (QED) is 0.327. The van der Waals surface area contributed by atoms with Gasteiger partial charge in [0.25, 0.3) is 0 Å². The van der Waals surface area contributed by atoms with Gasteiger partial charge in [-0.25, -0.2) is 0 Å². The number of amides is 1. The molecule has 0 aliphatic rings. The topological polar surface area (TPSA) is 83.6 Å². The third-order valence-corrected chi connectivity index (χ3v) is 7.13. The van der Waals surface area contributed by atoms with E-state index in [9.17, 15) is 4.79 Å². The first-order valence-electron chi connectivity index (χ1n) is 10.8. The number of carbonyl (C=O) groups is 1. The lowest BCUT2D eigenvalue weighted by Crippen LogP contribution is -2.14. The maximum absolute atomic E-state index is 12.6. The van der Waals surface area contributed by atoms with Gasteiger partial charge in [0, 0.05) is 5.56 Å². The van der Waals surface area contributed by atoms with Crippen LogP contribution in [0.15, 0.2) is 65.1 Å². The second-order valence-electron chi connectivity index (χ2n) is 8.87. The number of benzene rings is 2. The Labute approximate surface area is 207 Å². The molecule has 0 spiro atoms. The van der Waals surface area contributed by atoms with Crippen LogP contribution in [-0.4, -0.2) is 26.4 Å². The lowest BCUT2D eigenvalue weighted by atomic mass is 9.87. The maximum atomic E-state index is 12.6. The fourth-order valence-corrected chi connectivity index (χ4v) is 4.99. The van der Waals surface area contributed by atoms with Crippen molar-refractivity contribution in [3.63, 3.8) is 0 Å². The SMILES string of the molecule is Cc1ccccc1-n1c(SCC(=O)Nc2sccc2C#N)nnc1-c1ccc(C(C)(C)C)cc1. The summed E-state index contributed by atoms with van der Waals surface area (Å²) >= 11 is 2.65. The summed E-state index contributed by atoms with van der Waals surface area (Å²) < 4.78 is 2.01. The summed E-state index contributed by atoms with van der Waals surface area (Å²) in [5.74, 6) is 0.678. The van der Waals surface area contributed by atoms with Crippen molar-refractivity contribution < 1.29 is 4.79 Å². The minimum absolute atomic E-state index is 0.0601. The molecule has 0 unspecified atom stereocenters. The molecule has 172 valence electrons. The summed E-state index contributed by atoms with van der Waals surface area (Å²) in [6.07, 6.45) is 0. The number of para-hydroxylation sites is 1. The van der Waals surface area contributed by atoms with Gasteiger partial charge in [-0.3, -0.25) is 9.36 Å². The molecule has 2 aromatic carbocycles. The molecule has 0 saturated carbocycles. The van der Waals surface area contributed by atoms with E-state index in [1.54, 1.807) is 11.4 Å². The molecule has 1 N–H and O–H groups in total. The van der Waals surface area contributed by atoms with E-state index in [1.165, 1.54) is 28.7 Å². The number of rotatable bonds is 6. The van der Waals surface area contributed by atoms with Gasteiger partial charge in [0.05, 0.1) is 17.0 Å². The third kappa shape index (κ3) is 5.06. The smallest absolute Gasteiger partial charge is 0.235 e. The minimum Gasteiger partial charge on any atom is -0.316 e. The van der Waals surface area contributed by atoms with E-state index < -0.39 is 0 Å². The van der Waals surface area contributed by atoms with Crippen LogP contribution >= 0.6 is 23.1 Å². The molecule has 1 amide bonds. The average Bonchev–Trinajstić information content (AvgIpc) is 3.44. The van der Waals surface area contributed by atoms with Crippen molar-refractivity contribution in [3.05, 3.63) is 76.7 Å². The number of nitrogens with one attached hydrogen (secondary N) is 1. The van der Waals surface area contributed by atoms with Crippen LogP contribution < -0.4 is 5.32 Å². The van der Waals surface area contributed by atoms with E-state index in [0.29, 0.717) is 15.7 Å². The Bertz CT molecular complexity index is 1360. The first kappa shape index (κ1) is 23.7. The van der Waals surface area contributed by atoms with E-state index in [4.69, 9.17) is 5.26 Å². The molecule has 34 heavy (non-hydrogen) atoms. The molecule has 0 saturated heterocycles. The zero-order valence-electron chi connectivity index (χ0n) is 19.5. The van der Waals surface area contributed by atoms with E-state index in [2.05, 4.69) is 66.6 Å². The molecule has 0 fully saturated rings. The van der Waals surface area contributed by atoms with E-state index in [1.807, 2.05) is 35.8 Å². The molecule has 2 aromatic heterocycles. The van der Waals surface area contributed by atoms with Gasteiger partial charge in [-0.2, -0.15) is 5.26 Å². The van der Waals surface area contributed by atoms with Crippen molar-refractivity contribution in [3.8, 4) is 23.1 Å². The first-order chi connectivity index (χ1) is 16.3. The molecule has 0 atom stereocenters. The van der Waals surface area contributed by atoms with Gasteiger partial charge in [0.1, 0.15) is 11.1 Å². The highest BCUT2D eigenvalue weighted by atomic mass is 32.2. The zero-order valence-corrected chi connectivity index (χ0v) is 21.1. The highest BCUT2D eigenvalue weighted by molar-refractivity contribution is 7.99. The van der Waals surface area contributed by atoms with Crippen molar-refractivity contribution in [1.82, 2.24) is 14.8 Å². The van der Waals surface area contributed by atoms with Crippen LogP contribution in [0.2, 0.25) is 0 Å². The number of carbonyl (C=O) groups excluding carboxylic acids is 1. The summed E-state index contributed by atoms with van der Waals surface area (Å²) in [5, 5.41) is 23.9. The van der Waals surface area contributed by atoms with Crippen LogP contribution in [-0.2, 0) is 10.2 Å². The van der Waals surface area contributed by atoms with Gasteiger partial charge in [-0.15, -0.1) is 21.5 Å². The first-order valence-corrected chi connectivity index (χ1v) is 12.7. The molecule has 0 aliphatic carbocycles. The van der Waals surface area contributed by atoms with E-state index >= 15 is 0 Å². The number of thiophene rings is 1. The number of nitrogens with zero attached hydrogens (tertiary/aromatic N) is 4. The van der Waals surface area contributed by atoms with Gasteiger partial charge >= 0.3 is 0 Å². The largest absolute Gasteiger partial charge is 0.316 e. The lowest BCUT2D eigenvalue weighted by Gasteiger charge is -2.19. The number of hydrogen-bond donors (Lipinski definition) is 1. The highest BCUT2D eigenvalue weighted by Gasteiger charge is 2.20. The van der Waals surface area contributed by atoms with Crippen molar-refractivity contribution in [2.24, 2.45) is 0 Å². The predicted molar refractivity (Wildman–Crippen MR) is 139 cm³/mol. The monoisotopic (exact) mass is 487 g/mol. The third-order valence-electron chi connectivity index (χ3n) is 5.37. The van der Waals surface area contributed by atoms with Crippen LogP contribution in [0.5, 0.6) is 0 Å². The summed E-state index contributed by atoms with van der Waals surface area (Å²) in [6.45, 7) is 8.61. The van der Waals surface area contributed by atoms with Crippen molar-refractivity contribution >= 4 is 34.0 Å². The Balaban J connectivity index is 1.64. The Morgan fingerprint density at radius 2 is 1.85 bits per heavy atom. The normalized spacial score (nSPS) is 11.3. The summed E-state index contributed by atoms with van der Waals surface area (Å²) in [4.78, 5) is 12.6. The molecule has 0 bridgehead atoms. The number of aromatic nitrogens is 3. The number of aryl methyl sites for hydroxylation is 1.